The fourth-order valence-corrected chi connectivity index (χ4v) is 0.913. The lowest BCUT2D eigenvalue weighted by Gasteiger charge is -2.04. The van der Waals surface area contributed by atoms with Gasteiger partial charge in [-0.15, -0.1) is 0 Å². The Kier molecular flexibility index (Phi) is 3.97. The highest BCUT2D eigenvalue weighted by Crippen LogP contribution is 2.37. The van der Waals surface area contributed by atoms with E-state index >= 15 is 0 Å². The summed E-state index contributed by atoms with van der Waals surface area (Å²) in [5.74, 6) is -0.288. The van der Waals surface area contributed by atoms with Crippen LogP contribution < -0.4 is 0 Å². The van der Waals surface area contributed by atoms with E-state index in [4.69, 9.17) is 39.5 Å². The fourth-order valence-electron chi connectivity index (χ4n) is 0.683. The van der Waals surface area contributed by atoms with E-state index in [-0.39, 0.29) is 11.7 Å². The lowest BCUT2D eigenvalue weighted by Crippen LogP contribution is -2.06. The van der Waals surface area contributed by atoms with Crippen LogP contribution in [0.5, 0.6) is 0 Å². The minimum absolute atomic E-state index is 0.0758. The Bertz CT molecular complexity index is 299. The van der Waals surface area contributed by atoms with Crippen molar-refractivity contribution in [2.75, 3.05) is 6.61 Å². The fraction of sp³-hybridized carbons (Fsp3) is 0.667. The molecule has 0 saturated heterocycles. The maximum absolute atomic E-state index is 9.26. The van der Waals surface area contributed by atoms with E-state index in [0.29, 0.717) is 6.61 Å². The quantitative estimate of drug-likeness (QED) is 0.665. The summed E-state index contributed by atoms with van der Waals surface area (Å²) >= 11 is 16.4. The second-order valence-electron chi connectivity index (χ2n) is 2.26. The van der Waals surface area contributed by atoms with E-state index in [1.54, 1.807) is 6.92 Å². The average Bonchev–Trinajstić information content (AvgIpc) is 2.51. The molecule has 1 heterocycles. The predicted octanol–water partition coefficient (Wildman–Crippen LogP) is 1.92. The molecule has 0 aromatic carbocycles. The Labute approximate surface area is 94.9 Å². The third-order valence-corrected chi connectivity index (χ3v) is 1.71. The minimum atomic E-state index is -1.79. The summed E-state index contributed by atoms with van der Waals surface area (Å²) in [5.41, 5.74) is 0. The highest BCUT2D eigenvalue weighted by molar-refractivity contribution is 6.66. The molecule has 1 rings (SSSR count). The zero-order valence-electron chi connectivity index (χ0n) is 7.08. The number of halogens is 3. The van der Waals surface area contributed by atoms with Gasteiger partial charge in [0.25, 0.3) is 9.68 Å². The third kappa shape index (κ3) is 2.96. The van der Waals surface area contributed by atoms with Gasteiger partial charge in [-0.2, -0.15) is 4.98 Å². The normalized spacial score (nSPS) is 14.4. The molecule has 0 spiro atoms. The van der Waals surface area contributed by atoms with Crippen LogP contribution in [-0.4, -0.2) is 21.9 Å². The van der Waals surface area contributed by atoms with Crippen molar-refractivity contribution in [3.63, 3.8) is 0 Å². The molecule has 0 saturated carbocycles. The number of aliphatic hydroxyl groups is 1. The molecule has 0 amide bonds. The Morgan fingerprint density at radius 1 is 1.57 bits per heavy atom. The largest absolute Gasteiger partial charge is 0.362 e. The molecular formula is C6H7Cl3N2O3. The summed E-state index contributed by atoms with van der Waals surface area (Å²) in [4.78, 5) is 3.65. The van der Waals surface area contributed by atoms with Crippen molar-refractivity contribution in [3.8, 4) is 0 Å². The third-order valence-electron chi connectivity index (χ3n) is 1.23. The molecular weight excluding hydrogens is 254 g/mol. The minimum Gasteiger partial charge on any atom is -0.362 e. The Hall–Kier alpha value is -0.0700. The number of alkyl halides is 3. The van der Waals surface area contributed by atoms with Crippen LogP contribution in [0.1, 0.15) is 24.9 Å². The van der Waals surface area contributed by atoms with Crippen molar-refractivity contribution in [1.29, 1.82) is 0 Å². The molecule has 0 bridgehead atoms. The number of aliphatic hydroxyl groups excluding tert-OH is 1. The van der Waals surface area contributed by atoms with Gasteiger partial charge in [0.1, 0.15) is 0 Å². The first-order valence-corrected chi connectivity index (χ1v) is 4.79. The molecule has 1 atom stereocenters. The van der Waals surface area contributed by atoms with E-state index in [1.165, 1.54) is 0 Å². The molecule has 1 aromatic rings. The lowest BCUT2D eigenvalue weighted by molar-refractivity contribution is -0.104. The molecule has 14 heavy (non-hydrogen) atoms. The standard InChI is InChI=1S/C6H7Cl3N2O3/c1-2-13-4(12)3-10-5(14-11-3)6(7,8)9/h4,12H,2H2,1H3. The SMILES string of the molecule is CCOC(O)c1noc(C(Cl)(Cl)Cl)n1. The molecule has 0 aliphatic carbocycles. The first-order valence-electron chi connectivity index (χ1n) is 3.65. The summed E-state index contributed by atoms with van der Waals surface area (Å²) in [5, 5.41) is 12.6. The predicted molar refractivity (Wildman–Crippen MR) is 50.1 cm³/mol. The van der Waals surface area contributed by atoms with Crippen LogP contribution in [0.25, 0.3) is 0 Å². The summed E-state index contributed by atoms with van der Waals surface area (Å²) in [6.45, 7) is 2.01. The van der Waals surface area contributed by atoms with Gasteiger partial charge in [0.2, 0.25) is 12.1 Å². The van der Waals surface area contributed by atoms with Gasteiger partial charge in [0, 0.05) is 6.61 Å². The van der Waals surface area contributed by atoms with Crippen LogP contribution in [-0.2, 0) is 8.53 Å². The monoisotopic (exact) mass is 260 g/mol. The Morgan fingerprint density at radius 3 is 2.64 bits per heavy atom. The maximum atomic E-state index is 9.26. The van der Waals surface area contributed by atoms with E-state index < -0.39 is 10.1 Å². The van der Waals surface area contributed by atoms with Crippen LogP contribution in [0, 0.1) is 0 Å². The molecule has 0 aliphatic heterocycles. The van der Waals surface area contributed by atoms with Crippen LogP contribution >= 0.6 is 34.8 Å². The number of hydrogen-bond donors (Lipinski definition) is 1. The summed E-state index contributed by atoms with van der Waals surface area (Å²) < 4.78 is 7.60. The summed E-state index contributed by atoms with van der Waals surface area (Å²) in [6.07, 6.45) is -1.27. The van der Waals surface area contributed by atoms with Crippen molar-refractivity contribution >= 4 is 34.8 Å². The molecule has 0 fully saturated rings. The zero-order valence-corrected chi connectivity index (χ0v) is 9.34. The highest BCUT2D eigenvalue weighted by atomic mass is 35.6. The molecule has 0 aliphatic rings. The first-order chi connectivity index (χ1) is 6.45. The van der Waals surface area contributed by atoms with Crippen molar-refractivity contribution in [2.24, 2.45) is 0 Å². The van der Waals surface area contributed by atoms with Gasteiger partial charge in [-0.25, -0.2) is 0 Å². The second-order valence-corrected chi connectivity index (χ2v) is 4.54. The molecule has 80 valence electrons. The van der Waals surface area contributed by atoms with Crippen molar-refractivity contribution in [1.82, 2.24) is 10.1 Å². The van der Waals surface area contributed by atoms with E-state index in [2.05, 4.69) is 14.7 Å². The van der Waals surface area contributed by atoms with Crippen LogP contribution in [0.2, 0.25) is 0 Å². The molecule has 1 N–H and O–H groups in total. The molecule has 1 aromatic heterocycles. The number of rotatable bonds is 3. The van der Waals surface area contributed by atoms with E-state index in [1.807, 2.05) is 0 Å². The first kappa shape index (κ1) is 12.0. The van der Waals surface area contributed by atoms with Gasteiger partial charge in [-0.05, 0) is 6.92 Å². The lowest BCUT2D eigenvalue weighted by atomic mass is 10.6. The smallest absolute Gasteiger partial charge is 0.278 e. The van der Waals surface area contributed by atoms with Crippen LogP contribution in [0.3, 0.4) is 0 Å². The van der Waals surface area contributed by atoms with E-state index in [0.717, 1.165) is 0 Å². The topological polar surface area (TPSA) is 68.4 Å². The van der Waals surface area contributed by atoms with Gasteiger partial charge in [-0.1, -0.05) is 40.0 Å². The number of nitrogens with zero attached hydrogens (tertiary/aromatic N) is 2. The van der Waals surface area contributed by atoms with Crippen molar-refractivity contribution in [3.05, 3.63) is 11.7 Å². The van der Waals surface area contributed by atoms with Gasteiger partial charge in [-0.3, -0.25) is 0 Å². The van der Waals surface area contributed by atoms with Crippen molar-refractivity contribution in [2.45, 2.75) is 17.0 Å². The van der Waals surface area contributed by atoms with Crippen LogP contribution in [0.15, 0.2) is 4.52 Å². The summed E-state index contributed by atoms with van der Waals surface area (Å²) in [7, 11) is 0. The molecule has 8 heteroatoms. The van der Waals surface area contributed by atoms with Gasteiger partial charge in [0.05, 0.1) is 0 Å². The van der Waals surface area contributed by atoms with E-state index in [9.17, 15) is 5.11 Å². The summed E-state index contributed by atoms with van der Waals surface area (Å²) in [6, 6.07) is 0. The number of aromatic nitrogens is 2. The van der Waals surface area contributed by atoms with Gasteiger partial charge < -0.3 is 14.4 Å². The van der Waals surface area contributed by atoms with Gasteiger partial charge in [0.15, 0.2) is 0 Å². The van der Waals surface area contributed by atoms with Gasteiger partial charge >= 0.3 is 0 Å². The average molecular weight is 261 g/mol. The molecule has 0 radical (unpaired) electrons. The number of ether oxygens (including phenoxy) is 1. The Balaban J connectivity index is 2.78. The number of hydrogen-bond acceptors (Lipinski definition) is 5. The second kappa shape index (κ2) is 4.63. The van der Waals surface area contributed by atoms with Crippen molar-refractivity contribution < 1.29 is 14.4 Å². The Morgan fingerprint density at radius 2 is 2.21 bits per heavy atom. The van der Waals surface area contributed by atoms with Crippen LogP contribution in [0.4, 0.5) is 0 Å². The molecule has 1 unspecified atom stereocenters. The highest BCUT2D eigenvalue weighted by Gasteiger charge is 2.31. The molecule has 5 nitrogen and oxygen atoms in total. The maximum Gasteiger partial charge on any atom is 0.278 e. The zero-order chi connectivity index (χ0) is 10.8.